The Morgan fingerprint density at radius 3 is 2.15 bits per heavy atom. The number of hydrogen-bond acceptors (Lipinski definition) is 7. The lowest BCUT2D eigenvalue weighted by molar-refractivity contribution is 0.459. The number of azo groups is 1. The molecule has 1 radical (unpaired) electrons. The van der Waals surface area contributed by atoms with Crippen molar-refractivity contribution in [1.29, 1.82) is 0 Å². The first kappa shape index (κ1) is 18.0. The predicted octanol–water partition coefficient (Wildman–Crippen LogP) is 1.91. The lowest BCUT2D eigenvalue weighted by atomic mass is 10.2. The highest BCUT2D eigenvalue weighted by molar-refractivity contribution is 7.89. The van der Waals surface area contributed by atoms with E-state index in [0.29, 0.717) is 10.9 Å². The number of nitrogens with one attached hydrogen (secondary N) is 2. The Morgan fingerprint density at radius 1 is 0.962 bits per heavy atom. The van der Waals surface area contributed by atoms with Gasteiger partial charge in [-0.25, -0.2) is 22.0 Å². The number of nitrogens with two attached hydrogens (primary N) is 1. The van der Waals surface area contributed by atoms with Crippen molar-refractivity contribution in [1.82, 2.24) is 10.1 Å². The molecule has 0 unspecified atom stereocenters. The number of rotatable bonds is 4. The van der Waals surface area contributed by atoms with Crippen LogP contribution in [0.2, 0.25) is 0 Å². The van der Waals surface area contributed by atoms with Crippen LogP contribution in [0.5, 0.6) is 5.88 Å². The first-order valence-corrected chi connectivity index (χ1v) is 9.97. The second-order valence-electron chi connectivity index (χ2n) is 5.27. The molecular weight excluding hydrogens is 382 g/mol. The summed E-state index contributed by atoms with van der Waals surface area (Å²) in [7, 11) is -8.00. The van der Waals surface area contributed by atoms with E-state index in [1.54, 1.807) is 0 Å². The van der Waals surface area contributed by atoms with Crippen molar-refractivity contribution < 1.29 is 21.9 Å². The van der Waals surface area contributed by atoms with Gasteiger partial charge in [-0.3, -0.25) is 0 Å². The zero-order valence-corrected chi connectivity index (χ0v) is 14.5. The number of sulfonamides is 2. The third-order valence-corrected chi connectivity index (χ3v) is 5.27. The number of primary sulfonamides is 1. The fourth-order valence-corrected chi connectivity index (χ4v) is 3.25. The normalized spacial score (nSPS) is 12.8. The van der Waals surface area contributed by atoms with E-state index in [2.05, 4.69) is 15.2 Å². The number of H-pyrrole nitrogens is 1. The van der Waals surface area contributed by atoms with Gasteiger partial charge in [0.25, 0.3) is 10.0 Å². The van der Waals surface area contributed by atoms with Gasteiger partial charge in [-0.2, -0.15) is 5.11 Å². The highest BCUT2D eigenvalue weighted by atomic mass is 32.2. The highest BCUT2D eigenvalue weighted by Crippen LogP contribution is 2.37. The monoisotopic (exact) mass is 394 g/mol. The molecule has 0 fully saturated rings. The van der Waals surface area contributed by atoms with E-state index in [-0.39, 0.29) is 27.0 Å². The third kappa shape index (κ3) is 3.57. The van der Waals surface area contributed by atoms with Gasteiger partial charge in [-0.05, 0) is 42.5 Å². The van der Waals surface area contributed by atoms with E-state index in [4.69, 9.17) is 10.3 Å². The maximum absolute atomic E-state index is 11.5. The van der Waals surface area contributed by atoms with Crippen molar-refractivity contribution in [3.8, 4) is 5.88 Å². The van der Waals surface area contributed by atoms with Crippen molar-refractivity contribution in [2.75, 3.05) is 0 Å². The molecule has 0 amide bonds. The molecule has 5 N–H and O–H groups in total. The smallest absolute Gasteiger partial charge is 0.254 e. The summed E-state index contributed by atoms with van der Waals surface area (Å²) < 4.78 is 45.2. The van der Waals surface area contributed by atoms with Gasteiger partial charge in [-0.1, -0.05) is 0 Å². The topological polar surface area (TPSA) is 179 Å². The number of hydrogen-bond donors (Lipinski definition) is 3. The maximum atomic E-state index is 11.5. The van der Waals surface area contributed by atoms with E-state index in [1.807, 2.05) is 0 Å². The first-order chi connectivity index (χ1) is 12.1. The summed E-state index contributed by atoms with van der Waals surface area (Å²) in [5.74, 6) is -0.319. The molecule has 0 saturated carbocycles. The molecule has 1 heterocycles. The second-order valence-corrected chi connectivity index (χ2v) is 8.31. The average Bonchev–Trinajstić information content (AvgIpc) is 2.86. The molecule has 1 aromatic heterocycles. The Morgan fingerprint density at radius 2 is 1.58 bits per heavy atom. The summed E-state index contributed by atoms with van der Waals surface area (Å²) >= 11 is 0. The quantitative estimate of drug-likeness (QED) is 0.571. The minimum absolute atomic E-state index is 0.00249. The number of aromatic amines is 1. The van der Waals surface area contributed by atoms with E-state index >= 15 is 0 Å². The molecule has 12 heteroatoms. The molecule has 135 valence electrons. The lowest BCUT2D eigenvalue weighted by Gasteiger charge is -1.99. The molecule has 2 aromatic carbocycles. The Hall–Kier alpha value is -2.80. The van der Waals surface area contributed by atoms with Crippen molar-refractivity contribution in [2.24, 2.45) is 15.4 Å². The molecular formula is C14H12N5O5S2. The van der Waals surface area contributed by atoms with Gasteiger partial charge in [0, 0.05) is 5.39 Å². The third-order valence-electron chi connectivity index (χ3n) is 3.46. The Kier molecular flexibility index (Phi) is 4.28. The van der Waals surface area contributed by atoms with E-state index in [1.165, 1.54) is 42.5 Å². The molecule has 3 aromatic rings. The van der Waals surface area contributed by atoms with Crippen LogP contribution in [0.15, 0.2) is 62.5 Å². The molecule has 0 aliphatic heterocycles. The van der Waals surface area contributed by atoms with Crippen LogP contribution < -0.4 is 10.3 Å². The van der Waals surface area contributed by atoms with E-state index in [0.717, 1.165) is 0 Å². The second kappa shape index (κ2) is 6.17. The number of aromatic hydroxyl groups is 1. The number of aromatic nitrogens is 1. The van der Waals surface area contributed by atoms with Crippen LogP contribution >= 0.6 is 0 Å². The molecule has 10 nitrogen and oxygen atoms in total. The van der Waals surface area contributed by atoms with Crippen LogP contribution in [0.3, 0.4) is 0 Å². The Balaban J connectivity index is 2.02. The first-order valence-electron chi connectivity index (χ1n) is 6.94. The lowest BCUT2D eigenvalue weighted by Crippen LogP contribution is -2.11. The largest absolute Gasteiger partial charge is 0.493 e. The maximum Gasteiger partial charge on any atom is 0.254 e. The number of nitrogens with zero attached hydrogens (tertiary/aromatic N) is 2. The summed E-state index contributed by atoms with van der Waals surface area (Å²) in [5, 5.41) is 30.1. The van der Waals surface area contributed by atoms with Crippen LogP contribution in [0.4, 0.5) is 11.4 Å². The standard InChI is InChI=1S/C14H12N5O5S2/c15-25(21,22)9-3-1-8(2-4-9)18-19-13-11-7-10(26(16,23)24)5-6-12(11)17-14(13)20/h1-7,15,17,20H,(H2,16,23,24). The van der Waals surface area contributed by atoms with Crippen molar-refractivity contribution >= 4 is 42.3 Å². The zero-order valence-electron chi connectivity index (χ0n) is 12.9. The zero-order chi connectivity index (χ0) is 19.1. The van der Waals surface area contributed by atoms with Crippen LogP contribution in [0, 0.1) is 0 Å². The molecule has 26 heavy (non-hydrogen) atoms. The molecule has 0 aliphatic carbocycles. The summed E-state index contributed by atoms with van der Waals surface area (Å²) in [6.07, 6.45) is 0. The highest BCUT2D eigenvalue weighted by Gasteiger charge is 2.15. The van der Waals surface area contributed by atoms with Gasteiger partial charge in [0.05, 0.1) is 21.0 Å². The molecule has 0 atom stereocenters. The van der Waals surface area contributed by atoms with Gasteiger partial charge in [0.15, 0.2) is 5.69 Å². The van der Waals surface area contributed by atoms with E-state index < -0.39 is 20.0 Å². The van der Waals surface area contributed by atoms with Crippen LogP contribution in [-0.2, 0) is 20.0 Å². The fraction of sp³-hybridized carbons (Fsp3) is 0. The van der Waals surface area contributed by atoms with Gasteiger partial charge in [0.1, 0.15) is 0 Å². The summed E-state index contributed by atoms with van der Waals surface area (Å²) in [6, 6.07) is 9.05. The van der Waals surface area contributed by atoms with Crippen molar-refractivity contribution in [3.63, 3.8) is 0 Å². The number of fused-ring (bicyclic) bond motifs is 1. The van der Waals surface area contributed by atoms with Crippen molar-refractivity contribution in [3.05, 3.63) is 42.5 Å². The molecule has 0 aliphatic rings. The van der Waals surface area contributed by atoms with Gasteiger partial charge in [0.2, 0.25) is 15.9 Å². The summed E-state index contributed by atoms with van der Waals surface area (Å²) in [5.41, 5.74) is 0.705. The van der Waals surface area contributed by atoms with Crippen LogP contribution in [0.1, 0.15) is 0 Å². The Labute approximate surface area is 148 Å². The van der Waals surface area contributed by atoms with Gasteiger partial charge in [-0.15, -0.1) is 10.3 Å². The minimum Gasteiger partial charge on any atom is -0.493 e. The average molecular weight is 394 g/mol. The van der Waals surface area contributed by atoms with Crippen molar-refractivity contribution in [2.45, 2.75) is 9.79 Å². The molecule has 3 rings (SSSR count). The molecule has 0 bridgehead atoms. The predicted molar refractivity (Wildman–Crippen MR) is 92.2 cm³/mol. The Bertz CT molecular complexity index is 1230. The van der Waals surface area contributed by atoms with Crippen LogP contribution in [0.25, 0.3) is 10.9 Å². The fourth-order valence-electron chi connectivity index (χ4n) is 2.22. The minimum atomic E-state index is -4.07. The van der Waals surface area contributed by atoms with E-state index in [9.17, 15) is 21.9 Å². The number of benzene rings is 2. The SMILES string of the molecule is [NH]S(=O)(=O)c1ccc(N=Nc2c(O)[nH]c3ccc(S(N)(=O)=O)cc23)cc1. The summed E-state index contributed by atoms with van der Waals surface area (Å²) in [4.78, 5) is 2.29. The molecule has 0 spiro atoms. The van der Waals surface area contributed by atoms with Gasteiger partial charge < -0.3 is 10.1 Å². The van der Waals surface area contributed by atoms with Crippen LogP contribution in [-0.4, -0.2) is 26.9 Å². The summed E-state index contributed by atoms with van der Waals surface area (Å²) in [6.45, 7) is 0. The molecule has 0 saturated heterocycles. The van der Waals surface area contributed by atoms with Gasteiger partial charge >= 0.3 is 0 Å².